The van der Waals surface area contributed by atoms with Crippen molar-refractivity contribution in [2.45, 2.75) is 25.3 Å². The van der Waals surface area contributed by atoms with Crippen LogP contribution in [0.2, 0.25) is 5.02 Å². The van der Waals surface area contributed by atoms with Crippen LogP contribution < -0.4 is 5.32 Å². The first-order chi connectivity index (χ1) is 6.79. The monoisotopic (exact) mass is 249 g/mol. The van der Waals surface area contributed by atoms with Gasteiger partial charge in [-0.15, -0.1) is 12.4 Å². The number of hydrogen-bond acceptors (Lipinski definition) is 1. The minimum Gasteiger partial charge on any atom is -0.310 e. The van der Waals surface area contributed by atoms with E-state index in [9.17, 15) is 4.39 Å². The van der Waals surface area contributed by atoms with Crippen molar-refractivity contribution in [3.05, 3.63) is 34.6 Å². The predicted octanol–water partition coefficient (Wildman–Crippen LogP) is 3.72. The van der Waals surface area contributed by atoms with Crippen molar-refractivity contribution in [1.29, 1.82) is 0 Å². The second-order valence-corrected chi connectivity index (χ2v) is 4.05. The van der Waals surface area contributed by atoms with Crippen LogP contribution in [0.25, 0.3) is 0 Å². The second-order valence-electron chi connectivity index (χ2n) is 3.65. The van der Waals surface area contributed by atoms with E-state index in [1.807, 2.05) is 6.07 Å². The Kier molecular flexibility index (Phi) is 4.84. The minimum absolute atomic E-state index is 0. The standard InChI is InChI=1S/C11H13ClFN.ClH/c12-9-5-3-4-8(11(9)13)10-6-1-2-7-14-10;/h3-5,10,14H,1-2,6-7H2;1H/t10-;/m1./s1. The van der Waals surface area contributed by atoms with Crippen LogP contribution >= 0.6 is 24.0 Å². The van der Waals surface area contributed by atoms with Gasteiger partial charge in [-0.1, -0.05) is 30.2 Å². The molecule has 1 atom stereocenters. The lowest BCUT2D eigenvalue weighted by Gasteiger charge is -2.24. The first kappa shape index (κ1) is 12.8. The van der Waals surface area contributed by atoms with Crippen LogP contribution in [0, 0.1) is 5.82 Å². The molecule has 0 bridgehead atoms. The van der Waals surface area contributed by atoms with Gasteiger partial charge in [0.15, 0.2) is 0 Å². The molecule has 1 N–H and O–H groups in total. The number of nitrogens with one attached hydrogen (secondary N) is 1. The first-order valence-electron chi connectivity index (χ1n) is 4.96. The lowest BCUT2D eigenvalue weighted by Crippen LogP contribution is -2.27. The summed E-state index contributed by atoms with van der Waals surface area (Å²) in [5.41, 5.74) is 0.706. The van der Waals surface area contributed by atoms with Crippen molar-refractivity contribution in [3.63, 3.8) is 0 Å². The van der Waals surface area contributed by atoms with Gasteiger partial charge in [-0.3, -0.25) is 0 Å². The minimum atomic E-state index is -0.270. The lowest BCUT2D eigenvalue weighted by atomic mass is 9.97. The van der Waals surface area contributed by atoms with Gasteiger partial charge < -0.3 is 5.32 Å². The van der Waals surface area contributed by atoms with Crippen LogP contribution in [0.15, 0.2) is 18.2 Å². The molecule has 0 amide bonds. The molecular formula is C11H14Cl2FN. The predicted molar refractivity (Wildman–Crippen MR) is 63.3 cm³/mol. The smallest absolute Gasteiger partial charge is 0.146 e. The maximum absolute atomic E-state index is 13.6. The summed E-state index contributed by atoms with van der Waals surface area (Å²) in [7, 11) is 0. The van der Waals surface area contributed by atoms with Crippen LogP contribution in [-0.4, -0.2) is 6.54 Å². The summed E-state index contributed by atoms with van der Waals surface area (Å²) in [5.74, 6) is -0.270. The average molecular weight is 250 g/mol. The van der Waals surface area contributed by atoms with Crippen molar-refractivity contribution < 1.29 is 4.39 Å². The summed E-state index contributed by atoms with van der Waals surface area (Å²) in [6, 6.07) is 5.34. The molecule has 84 valence electrons. The van der Waals surface area contributed by atoms with Crippen LogP contribution in [0.1, 0.15) is 30.9 Å². The van der Waals surface area contributed by atoms with Gasteiger partial charge in [0.1, 0.15) is 5.82 Å². The van der Waals surface area contributed by atoms with Crippen molar-refractivity contribution in [2.75, 3.05) is 6.54 Å². The van der Waals surface area contributed by atoms with Crippen LogP contribution in [-0.2, 0) is 0 Å². The highest BCUT2D eigenvalue weighted by Crippen LogP contribution is 2.28. The molecule has 1 aromatic rings. The Bertz CT molecular complexity index is 324. The van der Waals surface area contributed by atoms with Gasteiger partial charge in [0.05, 0.1) is 5.02 Å². The summed E-state index contributed by atoms with van der Waals surface area (Å²) in [6.07, 6.45) is 3.33. The Balaban J connectivity index is 0.00000112. The van der Waals surface area contributed by atoms with Gasteiger partial charge >= 0.3 is 0 Å². The molecule has 0 saturated carbocycles. The molecule has 0 aliphatic carbocycles. The van der Waals surface area contributed by atoms with Crippen LogP contribution in [0.5, 0.6) is 0 Å². The topological polar surface area (TPSA) is 12.0 Å². The van der Waals surface area contributed by atoms with Gasteiger partial charge in [-0.2, -0.15) is 0 Å². The Labute approximate surface area is 100 Å². The fourth-order valence-corrected chi connectivity index (χ4v) is 2.09. The number of piperidine rings is 1. The first-order valence-corrected chi connectivity index (χ1v) is 5.34. The van der Waals surface area contributed by atoms with E-state index in [2.05, 4.69) is 5.32 Å². The van der Waals surface area contributed by atoms with Crippen molar-refractivity contribution in [2.24, 2.45) is 0 Å². The van der Waals surface area contributed by atoms with E-state index in [0.29, 0.717) is 5.56 Å². The molecular weight excluding hydrogens is 236 g/mol. The van der Waals surface area contributed by atoms with E-state index < -0.39 is 0 Å². The third-order valence-corrected chi connectivity index (χ3v) is 2.96. The summed E-state index contributed by atoms with van der Waals surface area (Å²) in [5, 5.41) is 3.52. The molecule has 2 rings (SSSR count). The Morgan fingerprint density at radius 1 is 1.33 bits per heavy atom. The molecule has 15 heavy (non-hydrogen) atoms. The van der Waals surface area contributed by atoms with Gasteiger partial charge in [-0.25, -0.2) is 4.39 Å². The van der Waals surface area contributed by atoms with Gasteiger partial charge in [0.2, 0.25) is 0 Å². The van der Waals surface area contributed by atoms with Crippen molar-refractivity contribution >= 4 is 24.0 Å². The average Bonchev–Trinajstić information content (AvgIpc) is 2.23. The van der Waals surface area contributed by atoms with E-state index in [1.54, 1.807) is 12.1 Å². The summed E-state index contributed by atoms with van der Waals surface area (Å²) in [6.45, 7) is 0.969. The van der Waals surface area contributed by atoms with E-state index in [-0.39, 0.29) is 29.3 Å². The highest BCUT2D eigenvalue weighted by molar-refractivity contribution is 6.30. The molecule has 1 aliphatic rings. The zero-order valence-corrected chi connectivity index (χ0v) is 9.87. The van der Waals surface area contributed by atoms with Crippen LogP contribution in [0.4, 0.5) is 4.39 Å². The third-order valence-electron chi connectivity index (χ3n) is 2.67. The summed E-state index contributed by atoms with van der Waals surface area (Å²) in [4.78, 5) is 0. The zero-order chi connectivity index (χ0) is 9.97. The highest BCUT2D eigenvalue weighted by atomic mass is 35.5. The maximum atomic E-state index is 13.6. The molecule has 1 heterocycles. The molecule has 1 nitrogen and oxygen atoms in total. The SMILES string of the molecule is Cl.Fc1c(Cl)cccc1[C@H]1CCCCN1. The molecule has 0 spiro atoms. The Morgan fingerprint density at radius 2 is 2.13 bits per heavy atom. The Morgan fingerprint density at radius 3 is 2.80 bits per heavy atom. The fraction of sp³-hybridized carbons (Fsp3) is 0.455. The molecule has 0 radical (unpaired) electrons. The number of rotatable bonds is 1. The molecule has 4 heteroatoms. The van der Waals surface area contributed by atoms with E-state index in [0.717, 1.165) is 19.4 Å². The number of hydrogen-bond donors (Lipinski definition) is 1. The highest BCUT2D eigenvalue weighted by Gasteiger charge is 2.18. The van der Waals surface area contributed by atoms with E-state index in [1.165, 1.54) is 6.42 Å². The molecule has 0 aromatic heterocycles. The summed E-state index contributed by atoms with van der Waals surface area (Å²) >= 11 is 5.73. The third kappa shape index (κ3) is 2.83. The van der Waals surface area contributed by atoms with Crippen LogP contribution in [0.3, 0.4) is 0 Å². The summed E-state index contributed by atoms with van der Waals surface area (Å²) < 4.78 is 13.6. The zero-order valence-electron chi connectivity index (χ0n) is 8.30. The molecule has 1 saturated heterocycles. The molecule has 1 aliphatic heterocycles. The second kappa shape index (κ2) is 5.69. The van der Waals surface area contributed by atoms with Gasteiger partial charge in [-0.05, 0) is 25.5 Å². The van der Waals surface area contributed by atoms with Gasteiger partial charge in [0, 0.05) is 11.6 Å². The quantitative estimate of drug-likeness (QED) is 0.801. The molecule has 1 fully saturated rings. The largest absolute Gasteiger partial charge is 0.310 e. The normalized spacial score (nSPS) is 20.8. The fourth-order valence-electron chi connectivity index (χ4n) is 1.91. The van der Waals surface area contributed by atoms with Crippen molar-refractivity contribution in [1.82, 2.24) is 5.32 Å². The maximum Gasteiger partial charge on any atom is 0.146 e. The van der Waals surface area contributed by atoms with Gasteiger partial charge in [0.25, 0.3) is 0 Å². The van der Waals surface area contributed by atoms with E-state index >= 15 is 0 Å². The van der Waals surface area contributed by atoms with Crippen molar-refractivity contribution in [3.8, 4) is 0 Å². The van der Waals surface area contributed by atoms with E-state index in [4.69, 9.17) is 11.6 Å². The molecule has 0 unspecified atom stereocenters. The Hall–Kier alpha value is -0.310. The lowest BCUT2D eigenvalue weighted by molar-refractivity contribution is 0.400. The molecule has 1 aromatic carbocycles. The number of halogens is 3. The number of benzene rings is 1.